The molecule has 1 aromatic heterocycles. The highest BCUT2D eigenvalue weighted by molar-refractivity contribution is 8.01. The summed E-state index contributed by atoms with van der Waals surface area (Å²) in [5.74, 6) is -0.468. The van der Waals surface area contributed by atoms with E-state index in [9.17, 15) is 14.0 Å². The van der Waals surface area contributed by atoms with Crippen molar-refractivity contribution in [1.29, 1.82) is 0 Å². The van der Waals surface area contributed by atoms with Crippen LogP contribution in [0, 0.1) is 0 Å². The number of amides is 1. The fraction of sp³-hybridized carbons (Fsp3) is 0.280. The van der Waals surface area contributed by atoms with Crippen LogP contribution >= 0.6 is 34.7 Å². The lowest BCUT2D eigenvalue weighted by Gasteiger charge is -2.40. The Morgan fingerprint density at radius 3 is 2.52 bits per heavy atom. The largest absolute Gasteiger partial charge is 0.369 e. The molecule has 3 atom stereocenters. The molecule has 2 aliphatic rings. The summed E-state index contributed by atoms with van der Waals surface area (Å²) < 4.78 is 13.6. The van der Waals surface area contributed by atoms with Crippen LogP contribution < -0.4 is 10.2 Å². The average Bonchev–Trinajstić information content (AvgIpc) is 3.50. The Morgan fingerprint density at radius 1 is 1.09 bits per heavy atom. The number of piperidine rings is 1. The minimum Gasteiger partial charge on any atom is -0.369 e. The normalized spacial score (nSPS) is 25.3. The fourth-order valence-corrected chi connectivity index (χ4v) is 6.51. The van der Waals surface area contributed by atoms with Gasteiger partial charge in [0.25, 0.3) is 0 Å². The predicted octanol–water partition coefficient (Wildman–Crippen LogP) is 5.44. The zero-order chi connectivity index (χ0) is 23.0. The van der Waals surface area contributed by atoms with Crippen LogP contribution in [0.5, 0.6) is 0 Å². The van der Waals surface area contributed by atoms with E-state index in [0.717, 1.165) is 16.8 Å². The van der Waals surface area contributed by atoms with Crippen molar-refractivity contribution in [2.45, 2.75) is 34.7 Å². The van der Waals surface area contributed by atoms with Crippen LogP contribution in [-0.4, -0.2) is 36.2 Å². The van der Waals surface area contributed by atoms with Crippen LogP contribution in [0.25, 0.3) is 0 Å². The predicted molar refractivity (Wildman–Crippen MR) is 132 cm³/mol. The number of anilines is 1. The molecular weight excluding hydrogens is 479 g/mol. The van der Waals surface area contributed by atoms with Gasteiger partial charge in [-0.15, -0.1) is 11.8 Å². The molecule has 3 heterocycles. The number of nitrogens with zero attached hydrogens (tertiary/aromatic N) is 1. The highest BCUT2D eigenvalue weighted by Crippen LogP contribution is 2.42. The first-order valence-corrected chi connectivity index (χ1v) is 12.9. The van der Waals surface area contributed by atoms with E-state index in [4.69, 9.17) is 11.6 Å². The second-order valence-electron chi connectivity index (χ2n) is 8.36. The highest BCUT2D eigenvalue weighted by Gasteiger charge is 2.47. The number of rotatable bonds is 5. The zero-order valence-electron chi connectivity index (χ0n) is 17.7. The van der Waals surface area contributed by atoms with E-state index < -0.39 is 17.0 Å². The van der Waals surface area contributed by atoms with Gasteiger partial charge in [0.15, 0.2) is 5.78 Å². The number of carbonyl (C=O) groups is 2. The fourth-order valence-electron chi connectivity index (χ4n) is 4.54. The molecule has 170 valence electrons. The number of hydrogen-bond acceptors (Lipinski definition) is 5. The maximum absolute atomic E-state index is 13.6. The van der Waals surface area contributed by atoms with Crippen LogP contribution in [0.3, 0.4) is 0 Å². The van der Waals surface area contributed by atoms with Crippen molar-refractivity contribution in [1.82, 2.24) is 5.32 Å². The minimum atomic E-state index is -0.933. The summed E-state index contributed by atoms with van der Waals surface area (Å²) in [5, 5.41) is 6.75. The summed E-state index contributed by atoms with van der Waals surface area (Å²) in [6.07, 6.45) is -0.118. The minimum absolute atomic E-state index is 0.140. The number of thioether (sulfide) groups is 1. The van der Waals surface area contributed by atoms with Crippen molar-refractivity contribution in [3.05, 3.63) is 81.5 Å². The summed E-state index contributed by atoms with van der Waals surface area (Å²) in [6, 6.07) is 16.9. The van der Waals surface area contributed by atoms with Gasteiger partial charge >= 0.3 is 0 Å². The number of carbonyl (C=O) groups excluding carboxylic acids is 2. The van der Waals surface area contributed by atoms with Crippen LogP contribution in [0.2, 0.25) is 5.02 Å². The lowest BCUT2D eigenvalue weighted by atomic mass is 9.77. The summed E-state index contributed by atoms with van der Waals surface area (Å²) in [5.41, 5.74) is 1.73. The Bertz CT molecular complexity index is 1150. The number of nitrogens with one attached hydrogen (secondary N) is 1. The molecule has 1 amide bonds. The smallest absolute Gasteiger partial charge is 0.242 e. The van der Waals surface area contributed by atoms with Gasteiger partial charge in [0.2, 0.25) is 5.91 Å². The number of alkyl halides is 1. The summed E-state index contributed by atoms with van der Waals surface area (Å²) >= 11 is 8.97. The Kier molecular flexibility index (Phi) is 6.20. The van der Waals surface area contributed by atoms with Crippen molar-refractivity contribution >= 4 is 52.1 Å². The molecule has 2 saturated heterocycles. The van der Waals surface area contributed by atoms with Crippen LogP contribution in [0.15, 0.2) is 70.3 Å². The van der Waals surface area contributed by atoms with Crippen molar-refractivity contribution in [2.75, 3.05) is 18.0 Å². The monoisotopic (exact) mass is 500 g/mol. The van der Waals surface area contributed by atoms with Crippen molar-refractivity contribution < 1.29 is 14.0 Å². The lowest BCUT2D eigenvalue weighted by Crippen LogP contribution is -2.57. The molecule has 0 bridgehead atoms. The molecule has 1 N–H and O–H groups in total. The van der Waals surface area contributed by atoms with Gasteiger partial charge in [-0.05, 0) is 58.6 Å². The first-order chi connectivity index (χ1) is 16.0. The second-order valence-corrected chi connectivity index (χ2v) is 10.7. The standard InChI is InChI=1S/C25H22ClFN2O2S2/c26-20-3-1-2-4-22(20)33-23-21(30)13-25(28-24(23)31,17-10-12-32-15-17)16-5-7-19(8-6-16)29-11-9-18(27)14-29/h1-8,10,12,15,18,23H,9,11,13-14H2,(H,28,31). The van der Waals surface area contributed by atoms with Crippen molar-refractivity contribution in [3.63, 3.8) is 0 Å². The van der Waals surface area contributed by atoms with Gasteiger partial charge in [-0.25, -0.2) is 4.39 Å². The molecule has 4 nitrogen and oxygen atoms in total. The Balaban J connectivity index is 1.45. The quantitative estimate of drug-likeness (QED) is 0.474. The van der Waals surface area contributed by atoms with Crippen molar-refractivity contribution in [2.24, 2.45) is 0 Å². The third-order valence-corrected chi connectivity index (χ3v) is 8.71. The molecule has 3 unspecified atom stereocenters. The molecule has 0 spiro atoms. The number of hydrogen-bond donors (Lipinski definition) is 1. The van der Waals surface area contributed by atoms with E-state index in [0.29, 0.717) is 29.4 Å². The topological polar surface area (TPSA) is 49.4 Å². The maximum Gasteiger partial charge on any atom is 0.242 e. The average molecular weight is 501 g/mol. The van der Waals surface area contributed by atoms with Crippen molar-refractivity contribution in [3.8, 4) is 0 Å². The maximum atomic E-state index is 13.6. The van der Waals surface area contributed by atoms with Gasteiger partial charge in [-0.2, -0.15) is 11.3 Å². The van der Waals surface area contributed by atoms with E-state index in [1.807, 2.05) is 64.2 Å². The molecule has 2 aromatic carbocycles. The van der Waals surface area contributed by atoms with Crippen LogP contribution in [0.1, 0.15) is 24.0 Å². The first-order valence-electron chi connectivity index (χ1n) is 10.7. The molecule has 0 aliphatic carbocycles. The van der Waals surface area contributed by atoms with Gasteiger partial charge in [0.1, 0.15) is 11.4 Å². The van der Waals surface area contributed by atoms with E-state index in [1.54, 1.807) is 6.07 Å². The van der Waals surface area contributed by atoms with Gasteiger partial charge in [-0.1, -0.05) is 35.9 Å². The molecule has 33 heavy (non-hydrogen) atoms. The molecule has 2 aliphatic heterocycles. The summed E-state index contributed by atoms with van der Waals surface area (Å²) in [4.78, 5) is 29.3. The van der Waals surface area contributed by atoms with E-state index in [1.165, 1.54) is 23.1 Å². The molecular formula is C25H22ClFN2O2S2. The lowest BCUT2D eigenvalue weighted by molar-refractivity contribution is -0.132. The highest BCUT2D eigenvalue weighted by atomic mass is 35.5. The van der Waals surface area contributed by atoms with Crippen LogP contribution in [0.4, 0.5) is 10.1 Å². The first kappa shape index (κ1) is 22.4. The second kappa shape index (κ2) is 9.12. The van der Waals surface area contributed by atoms with Gasteiger partial charge in [-0.3, -0.25) is 9.59 Å². The summed E-state index contributed by atoms with van der Waals surface area (Å²) in [6.45, 7) is 1.08. The third-order valence-electron chi connectivity index (χ3n) is 6.26. The number of Topliss-reactive ketones (excluding diaryl/α,β-unsaturated/α-hetero) is 1. The van der Waals surface area contributed by atoms with Gasteiger partial charge < -0.3 is 10.2 Å². The number of thiophene rings is 1. The SMILES string of the molecule is O=C1CC(c2ccc(N3CCC(F)C3)cc2)(c2ccsc2)NC(=O)C1Sc1ccccc1Cl. The van der Waals surface area contributed by atoms with Crippen LogP contribution in [-0.2, 0) is 15.1 Å². The van der Waals surface area contributed by atoms with E-state index >= 15 is 0 Å². The van der Waals surface area contributed by atoms with E-state index in [2.05, 4.69) is 5.32 Å². The van der Waals surface area contributed by atoms with Gasteiger partial charge in [0.05, 0.1) is 10.6 Å². The number of ketones is 1. The van der Waals surface area contributed by atoms with E-state index in [-0.39, 0.29) is 18.1 Å². The Morgan fingerprint density at radius 2 is 1.88 bits per heavy atom. The third kappa shape index (κ3) is 4.29. The number of halogens is 2. The number of benzene rings is 2. The van der Waals surface area contributed by atoms with Gasteiger partial charge in [0, 0.05) is 30.1 Å². The zero-order valence-corrected chi connectivity index (χ0v) is 20.1. The molecule has 3 aromatic rings. The molecule has 2 fully saturated rings. The Hall–Kier alpha value is -2.35. The molecule has 8 heteroatoms. The molecule has 0 radical (unpaired) electrons. The molecule has 0 saturated carbocycles. The Labute approximate surface area is 205 Å². The summed E-state index contributed by atoms with van der Waals surface area (Å²) in [7, 11) is 0. The molecule has 5 rings (SSSR count).